The predicted molar refractivity (Wildman–Crippen MR) is 106 cm³/mol. The smallest absolute Gasteiger partial charge is 0.253 e. The van der Waals surface area contributed by atoms with Crippen LogP contribution in [-0.4, -0.2) is 30.8 Å². The minimum atomic E-state index is -0.578. The predicted octanol–water partition coefficient (Wildman–Crippen LogP) is 2.22. The zero-order valence-corrected chi connectivity index (χ0v) is 15.4. The zero-order valence-electron chi connectivity index (χ0n) is 15.4. The van der Waals surface area contributed by atoms with Gasteiger partial charge in [0, 0.05) is 12.2 Å². The second-order valence-corrected chi connectivity index (χ2v) is 6.46. The fourth-order valence-electron chi connectivity index (χ4n) is 2.40. The van der Waals surface area contributed by atoms with Crippen LogP contribution >= 0.6 is 0 Å². The van der Waals surface area contributed by atoms with Crippen LogP contribution in [0.15, 0.2) is 48.5 Å². The fourth-order valence-corrected chi connectivity index (χ4v) is 2.40. The molecule has 0 aliphatic heterocycles. The van der Waals surface area contributed by atoms with Crippen molar-refractivity contribution in [2.75, 3.05) is 23.7 Å². The summed E-state index contributed by atoms with van der Waals surface area (Å²) in [4.78, 5) is 36.0. The largest absolute Gasteiger partial charge is 0.376 e. The van der Waals surface area contributed by atoms with Crippen LogP contribution in [-0.2, 0) is 4.79 Å². The maximum absolute atomic E-state index is 12.3. The van der Waals surface area contributed by atoms with Crippen LogP contribution in [0, 0.1) is 5.92 Å². The number of para-hydroxylation sites is 2. The van der Waals surface area contributed by atoms with E-state index in [2.05, 4.69) is 16.0 Å². The average Bonchev–Trinajstić information content (AvgIpc) is 2.65. The summed E-state index contributed by atoms with van der Waals surface area (Å²) in [5.74, 6) is -0.846. The molecular formula is C20H24N4O3. The Morgan fingerprint density at radius 3 is 2.15 bits per heavy atom. The lowest BCUT2D eigenvalue weighted by Crippen LogP contribution is -2.29. The monoisotopic (exact) mass is 368 g/mol. The summed E-state index contributed by atoms with van der Waals surface area (Å²) in [5.41, 5.74) is 6.92. The number of carbonyl (C=O) groups is 3. The first kappa shape index (κ1) is 20.0. The molecule has 0 aliphatic rings. The molecule has 0 spiro atoms. The standard InChI is InChI=1S/C20H24N4O3/c1-13(2)11-23-20(27)15-8-4-6-10-17(15)24-18(25)12-22-16-9-5-3-7-14(16)19(21)26/h3-10,13,22H,11-12H2,1-2H3,(H2,21,26)(H,23,27)(H,24,25). The van der Waals surface area contributed by atoms with Gasteiger partial charge >= 0.3 is 0 Å². The third-order valence-corrected chi connectivity index (χ3v) is 3.75. The van der Waals surface area contributed by atoms with Crippen LogP contribution in [0.1, 0.15) is 34.6 Å². The molecule has 0 bridgehead atoms. The van der Waals surface area contributed by atoms with Gasteiger partial charge in [-0.1, -0.05) is 38.1 Å². The van der Waals surface area contributed by atoms with Crippen molar-refractivity contribution in [3.63, 3.8) is 0 Å². The second kappa shape index (κ2) is 9.38. The van der Waals surface area contributed by atoms with E-state index in [0.29, 0.717) is 35.0 Å². The number of nitrogens with two attached hydrogens (primary N) is 1. The van der Waals surface area contributed by atoms with Crippen LogP contribution in [0.25, 0.3) is 0 Å². The molecule has 5 N–H and O–H groups in total. The van der Waals surface area contributed by atoms with E-state index in [1.807, 2.05) is 13.8 Å². The minimum absolute atomic E-state index is 0.0771. The molecule has 0 saturated carbocycles. The normalized spacial score (nSPS) is 10.3. The van der Waals surface area contributed by atoms with Crippen LogP contribution in [0.5, 0.6) is 0 Å². The molecule has 0 unspecified atom stereocenters. The third kappa shape index (κ3) is 5.85. The highest BCUT2D eigenvalue weighted by molar-refractivity contribution is 6.05. The van der Waals surface area contributed by atoms with Gasteiger partial charge in [0.15, 0.2) is 0 Å². The molecule has 0 fully saturated rings. The second-order valence-electron chi connectivity index (χ2n) is 6.46. The Balaban J connectivity index is 2.02. The van der Waals surface area contributed by atoms with Crippen LogP contribution in [0.2, 0.25) is 0 Å². The molecule has 2 aromatic rings. The fraction of sp³-hybridized carbons (Fsp3) is 0.250. The average molecular weight is 368 g/mol. The summed E-state index contributed by atoms with van der Waals surface area (Å²) >= 11 is 0. The van der Waals surface area contributed by atoms with Gasteiger partial charge in [0.1, 0.15) is 0 Å². The van der Waals surface area contributed by atoms with E-state index in [0.717, 1.165) is 0 Å². The topological polar surface area (TPSA) is 113 Å². The molecule has 142 valence electrons. The third-order valence-electron chi connectivity index (χ3n) is 3.75. The van der Waals surface area contributed by atoms with E-state index >= 15 is 0 Å². The Bertz CT molecular complexity index is 833. The first-order valence-electron chi connectivity index (χ1n) is 8.68. The number of benzene rings is 2. The number of hydrogen-bond acceptors (Lipinski definition) is 4. The van der Waals surface area contributed by atoms with Crippen LogP contribution in [0.3, 0.4) is 0 Å². The zero-order chi connectivity index (χ0) is 19.8. The summed E-state index contributed by atoms with van der Waals surface area (Å²) in [6.07, 6.45) is 0. The molecule has 7 nitrogen and oxygen atoms in total. The molecular weight excluding hydrogens is 344 g/mol. The first-order chi connectivity index (χ1) is 12.9. The van der Waals surface area contributed by atoms with Gasteiger partial charge in [0.05, 0.1) is 23.4 Å². The SMILES string of the molecule is CC(C)CNC(=O)c1ccccc1NC(=O)CNc1ccccc1C(N)=O. The van der Waals surface area contributed by atoms with E-state index in [1.165, 1.54) is 0 Å². The summed E-state index contributed by atoms with van der Waals surface area (Å²) in [6.45, 7) is 4.48. The van der Waals surface area contributed by atoms with E-state index < -0.39 is 5.91 Å². The lowest BCUT2D eigenvalue weighted by molar-refractivity contribution is -0.114. The molecule has 7 heteroatoms. The molecule has 0 heterocycles. The van der Waals surface area contributed by atoms with Gasteiger partial charge in [-0.2, -0.15) is 0 Å². The first-order valence-corrected chi connectivity index (χ1v) is 8.68. The van der Waals surface area contributed by atoms with Crippen molar-refractivity contribution < 1.29 is 14.4 Å². The molecule has 0 aromatic heterocycles. The lowest BCUT2D eigenvalue weighted by atomic mass is 10.1. The van der Waals surface area contributed by atoms with Gasteiger partial charge in [-0.3, -0.25) is 14.4 Å². The van der Waals surface area contributed by atoms with E-state index in [-0.39, 0.29) is 18.4 Å². The molecule has 2 aromatic carbocycles. The van der Waals surface area contributed by atoms with Crippen molar-refractivity contribution in [2.24, 2.45) is 11.7 Å². The van der Waals surface area contributed by atoms with Crippen molar-refractivity contribution in [3.8, 4) is 0 Å². The number of rotatable bonds is 8. The number of amides is 3. The Hall–Kier alpha value is -3.35. The van der Waals surface area contributed by atoms with E-state index in [4.69, 9.17) is 5.73 Å². The Morgan fingerprint density at radius 1 is 0.926 bits per heavy atom. The van der Waals surface area contributed by atoms with Crippen molar-refractivity contribution >= 4 is 29.1 Å². The quantitative estimate of drug-likeness (QED) is 0.572. The van der Waals surface area contributed by atoms with Crippen LogP contribution < -0.4 is 21.7 Å². The number of primary amides is 1. The number of hydrogen-bond donors (Lipinski definition) is 4. The van der Waals surface area contributed by atoms with Crippen LogP contribution in [0.4, 0.5) is 11.4 Å². The number of nitrogens with one attached hydrogen (secondary N) is 3. The Labute approximate surface area is 158 Å². The summed E-state index contributed by atoms with van der Waals surface area (Å²) in [7, 11) is 0. The van der Waals surface area contributed by atoms with E-state index in [1.54, 1.807) is 48.5 Å². The number of anilines is 2. The van der Waals surface area contributed by atoms with Gasteiger partial charge in [-0.15, -0.1) is 0 Å². The molecule has 0 atom stereocenters. The maximum Gasteiger partial charge on any atom is 0.253 e. The van der Waals surface area contributed by atoms with Gasteiger partial charge in [-0.25, -0.2) is 0 Å². The summed E-state index contributed by atoms with van der Waals surface area (Å²) in [6, 6.07) is 13.5. The summed E-state index contributed by atoms with van der Waals surface area (Å²) < 4.78 is 0. The van der Waals surface area contributed by atoms with Crippen molar-refractivity contribution in [2.45, 2.75) is 13.8 Å². The van der Waals surface area contributed by atoms with Gasteiger partial charge < -0.3 is 21.7 Å². The van der Waals surface area contributed by atoms with Gasteiger partial charge in [-0.05, 0) is 30.2 Å². The summed E-state index contributed by atoms with van der Waals surface area (Å²) in [5, 5.41) is 8.44. The Kier molecular flexibility index (Phi) is 6.93. The molecule has 27 heavy (non-hydrogen) atoms. The highest BCUT2D eigenvalue weighted by Gasteiger charge is 2.14. The highest BCUT2D eigenvalue weighted by atomic mass is 16.2. The molecule has 0 saturated heterocycles. The van der Waals surface area contributed by atoms with Crippen molar-refractivity contribution in [3.05, 3.63) is 59.7 Å². The lowest BCUT2D eigenvalue weighted by Gasteiger charge is -2.13. The van der Waals surface area contributed by atoms with Gasteiger partial charge in [0.25, 0.3) is 11.8 Å². The van der Waals surface area contributed by atoms with Gasteiger partial charge in [0.2, 0.25) is 5.91 Å². The minimum Gasteiger partial charge on any atom is -0.376 e. The Morgan fingerprint density at radius 2 is 1.52 bits per heavy atom. The van der Waals surface area contributed by atoms with Crippen molar-refractivity contribution in [1.82, 2.24) is 5.32 Å². The maximum atomic E-state index is 12.3. The highest BCUT2D eigenvalue weighted by Crippen LogP contribution is 2.16. The molecule has 0 aliphatic carbocycles. The van der Waals surface area contributed by atoms with Crippen molar-refractivity contribution in [1.29, 1.82) is 0 Å². The molecule has 0 radical (unpaired) electrons. The molecule has 2 rings (SSSR count). The molecule has 3 amide bonds. The van der Waals surface area contributed by atoms with E-state index in [9.17, 15) is 14.4 Å². The number of carbonyl (C=O) groups excluding carboxylic acids is 3.